The van der Waals surface area contributed by atoms with Crippen LogP contribution in [0.5, 0.6) is 0 Å². The lowest BCUT2D eigenvalue weighted by atomic mass is 10.1. The normalized spacial score (nSPS) is 23.3. The van der Waals surface area contributed by atoms with Crippen LogP contribution < -0.4 is 10.6 Å². The quantitative estimate of drug-likeness (QED) is 0.888. The van der Waals surface area contributed by atoms with E-state index in [-0.39, 0.29) is 24.2 Å². The van der Waals surface area contributed by atoms with E-state index < -0.39 is 5.60 Å². The first-order chi connectivity index (χ1) is 10.3. The lowest BCUT2D eigenvalue weighted by Crippen LogP contribution is -2.48. The molecule has 1 saturated carbocycles. The number of ether oxygens (including phenoxy) is 1. The molecule has 0 radical (unpaired) electrons. The van der Waals surface area contributed by atoms with E-state index in [1.165, 1.54) is 4.88 Å². The van der Waals surface area contributed by atoms with E-state index >= 15 is 0 Å². The third-order valence-electron chi connectivity index (χ3n) is 3.86. The molecule has 3 atom stereocenters. The van der Waals surface area contributed by atoms with E-state index in [1.54, 1.807) is 11.3 Å². The third kappa shape index (κ3) is 4.68. The summed E-state index contributed by atoms with van der Waals surface area (Å²) in [5.41, 5.74) is 2.51. The molecular weight excluding hydrogens is 298 g/mol. The number of aryl methyl sites for hydroxylation is 1. The molecule has 1 fully saturated rings. The molecule has 1 heterocycles. The van der Waals surface area contributed by atoms with Gasteiger partial charge >= 0.3 is 6.09 Å². The first-order valence-electron chi connectivity index (χ1n) is 7.92. The van der Waals surface area contributed by atoms with Gasteiger partial charge in [0.15, 0.2) is 0 Å². The molecule has 1 aromatic rings. The molecular formula is C16H27N3O2S. The van der Waals surface area contributed by atoms with E-state index in [0.29, 0.717) is 0 Å². The number of nitrogens with one attached hydrogen (secondary N) is 2. The molecule has 3 unspecified atom stereocenters. The molecule has 2 rings (SSSR count). The second kappa shape index (κ2) is 6.96. The van der Waals surface area contributed by atoms with Crippen LogP contribution in [0.25, 0.3) is 0 Å². The van der Waals surface area contributed by atoms with Crippen molar-refractivity contribution in [3.8, 4) is 0 Å². The van der Waals surface area contributed by atoms with Crippen molar-refractivity contribution in [1.82, 2.24) is 15.6 Å². The average molecular weight is 325 g/mol. The summed E-state index contributed by atoms with van der Waals surface area (Å²) in [6.07, 6.45) is 2.85. The monoisotopic (exact) mass is 325 g/mol. The van der Waals surface area contributed by atoms with E-state index in [1.807, 2.05) is 33.2 Å². The summed E-state index contributed by atoms with van der Waals surface area (Å²) in [6.45, 7) is 9.83. The van der Waals surface area contributed by atoms with Crippen molar-refractivity contribution >= 4 is 17.4 Å². The minimum atomic E-state index is -0.460. The summed E-state index contributed by atoms with van der Waals surface area (Å²) in [6, 6.07) is 0.660. The molecule has 2 N–H and O–H groups in total. The highest BCUT2D eigenvalue weighted by Gasteiger charge is 2.31. The Bertz CT molecular complexity index is 510. The molecule has 124 valence electrons. The van der Waals surface area contributed by atoms with Gasteiger partial charge in [-0.3, -0.25) is 0 Å². The zero-order valence-corrected chi connectivity index (χ0v) is 14.9. The number of hydrogen-bond acceptors (Lipinski definition) is 5. The highest BCUT2D eigenvalue weighted by Crippen LogP contribution is 2.26. The van der Waals surface area contributed by atoms with Gasteiger partial charge in [0.2, 0.25) is 0 Å². The molecule has 1 aromatic heterocycles. The highest BCUT2D eigenvalue weighted by atomic mass is 32.1. The number of thiazole rings is 1. The minimum Gasteiger partial charge on any atom is -0.444 e. The molecule has 22 heavy (non-hydrogen) atoms. The number of carbonyl (C=O) groups is 1. The van der Waals surface area contributed by atoms with Crippen molar-refractivity contribution in [1.29, 1.82) is 0 Å². The second-order valence-corrected chi connectivity index (χ2v) is 7.87. The Labute approximate surface area is 136 Å². The number of amides is 1. The van der Waals surface area contributed by atoms with Gasteiger partial charge in [-0.1, -0.05) is 0 Å². The smallest absolute Gasteiger partial charge is 0.407 e. The van der Waals surface area contributed by atoms with Gasteiger partial charge in [-0.2, -0.15) is 0 Å². The number of carbonyl (C=O) groups excluding carboxylic acids is 1. The summed E-state index contributed by atoms with van der Waals surface area (Å²) in [5.74, 6) is 0. The van der Waals surface area contributed by atoms with Gasteiger partial charge in [0.05, 0.1) is 11.2 Å². The summed E-state index contributed by atoms with van der Waals surface area (Å²) >= 11 is 1.68. The Morgan fingerprint density at radius 2 is 2.09 bits per heavy atom. The first-order valence-corrected chi connectivity index (χ1v) is 8.80. The summed E-state index contributed by atoms with van der Waals surface area (Å²) < 4.78 is 5.36. The van der Waals surface area contributed by atoms with E-state index in [2.05, 4.69) is 22.5 Å². The molecule has 1 aliphatic rings. The Kier molecular flexibility index (Phi) is 5.45. The van der Waals surface area contributed by atoms with Crippen molar-refractivity contribution in [3.63, 3.8) is 0 Å². The fourth-order valence-corrected chi connectivity index (χ4v) is 3.73. The van der Waals surface area contributed by atoms with Crippen LogP contribution in [0.2, 0.25) is 0 Å². The standard InChI is InChI=1S/C16H27N3O2S/c1-10-14(22-9-17-10)11(2)18-12-7-6-8-13(12)19-15(20)21-16(3,4)5/h9,11-13,18H,6-8H2,1-5H3,(H,19,20). The number of aromatic nitrogens is 1. The van der Waals surface area contributed by atoms with Crippen molar-refractivity contribution in [2.45, 2.75) is 77.6 Å². The van der Waals surface area contributed by atoms with E-state index in [9.17, 15) is 4.79 Å². The van der Waals surface area contributed by atoms with Gasteiger partial charge in [-0.25, -0.2) is 9.78 Å². The average Bonchev–Trinajstić information content (AvgIpc) is 2.96. The number of hydrogen-bond donors (Lipinski definition) is 2. The zero-order valence-electron chi connectivity index (χ0n) is 14.1. The minimum absolute atomic E-state index is 0.130. The number of nitrogens with zero attached hydrogens (tertiary/aromatic N) is 1. The molecule has 1 amide bonds. The lowest BCUT2D eigenvalue weighted by Gasteiger charge is -2.27. The van der Waals surface area contributed by atoms with Gasteiger partial charge in [-0.05, 0) is 53.9 Å². The van der Waals surface area contributed by atoms with Crippen LogP contribution in [-0.2, 0) is 4.74 Å². The Balaban J connectivity index is 1.91. The summed E-state index contributed by atoms with van der Waals surface area (Å²) in [5, 5.41) is 6.66. The molecule has 0 saturated heterocycles. The molecule has 0 aliphatic heterocycles. The van der Waals surface area contributed by atoms with E-state index in [4.69, 9.17) is 4.74 Å². The van der Waals surface area contributed by atoms with Crippen molar-refractivity contribution < 1.29 is 9.53 Å². The predicted octanol–water partition coefficient (Wildman–Crippen LogP) is 3.55. The predicted molar refractivity (Wildman–Crippen MR) is 89.2 cm³/mol. The topological polar surface area (TPSA) is 63.2 Å². The van der Waals surface area contributed by atoms with Gasteiger partial charge in [0, 0.05) is 23.0 Å². The maximum absolute atomic E-state index is 12.0. The fourth-order valence-electron chi connectivity index (χ4n) is 2.91. The maximum atomic E-state index is 12.0. The number of rotatable bonds is 4. The van der Waals surface area contributed by atoms with Gasteiger partial charge in [0.1, 0.15) is 5.60 Å². The van der Waals surface area contributed by atoms with Crippen LogP contribution in [0, 0.1) is 6.92 Å². The highest BCUT2D eigenvalue weighted by molar-refractivity contribution is 7.09. The van der Waals surface area contributed by atoms with E-state index in [0.717, 1.165) is 25.0 Å². The molecule has 0 bridgehead atoms. The van der Waals surface area contributed by atoms with Crippen LogP contribution in [0.1, 0.15) is 63.6 Å². The molecule has 6 heteroatoms. The van der Waals surface area contributed by atoms with Crippen molar-refractivity contribution in [2.75, 3.05) is 0 Å². The van der Waals surface area contributed by atoms with Crippen LogP contribution in [0.15, 0.2) is 5.51 Å². The fraction of sp³-hybridized carbons (Fsp3) is 0.750. The molecule has 1 aliphatic carbocycles. The molecule has 0 aromatic carbocycles. The largest absolute Gasteiger partial charge is 0.444 e. The van der Waals surface area contributed by atoms with Gasteiger partial charge in [-0.15, -0.1) is 11.3 Å². The maximum Gasteiger partial charge on any atom is 0.407 e. The SMILES string of the molecule is Cc1ncsc1C(C)NC1CCCC1NC(=O)OC(C)(C)C. The Morgan fingerprint density at radius 1 is 1.41 bits per heavy atom. The van der Waals surface area contributed by atoms with Crippen LogP contribution >= 0.6 is 11.3 Å². The Hall–Kier alpha value is -1.14. The van der Waals surface area contributed by atoms with Gasteiger partial charge in [0.25, 0.3) is 0 Å². The van der Waals surface area contributed by atoms with Crippen LogP contribution in [0.4, 0.5) is 4.79 Å². The van der Waals surface area contributed by atoms with Crippen molar-refractivity contribution in [3.05, 3.63) is 16.1 Å². The second-order valence-electron chi connectivity index (χ2n) is 6.98. The first kappa shape index (κ1) is 17.2. The lowest BCUT2D eigenvalue weighted by molar-refractivity contribution is 0.0497. The van der Waals surface area contributed by atoms with Gasteiger partial charge < -0.3 is 15.4 Å². The van der Waals surface area contributed by atoms with Crippen LogP contribution in [-0.4, -0.2) is 28.8 Å². The Morgan fingerprint density at radius 3 is 2.68 bits per heavy atom. The number of alkyl carbamates (subject to hydrolysis) is 1. The zero-order chi connectivity index (χ0) is 16.3. The molecule has 5 nitrogen and oxygen atoms in total. The summed E-state index contributed by atoms with van der Waals surface area (Å²) in [7, 11) is 0. The third-order valence-corrected chi connectivity index (χ3v) is 4.97. The van der Waals surface area contributed by atoms with Crippen molar-refractivity contribution in [2.24, 2.45) is 0 Å². The van der Waals surface area contributed by atoms with Crippen LogP contribution in [0.3, 0.4) is 0 Å². The molecule has 0 spiro atoms. The summed E-state index contributed by atoms with van der Waals surface area (Å²) in [4.78, 5) is 17.5.